The smallest absolute Gasteiger partial charge is 0.311 e. The summed E-state index contributed by atoms with van der Waals surface area (Å²) in [5.41, 5.74) is 1.86. The molecule has 0 N–H and O–H groups in total. The lowest BCUT2D eigenvalue weighted by Crippen LogP contribution is -2.27. The summed E-state index contributed by atoms with van der Waals surface area (Å²) in [6.07, 6.45) is -0.0332. The molecule has 1 fully saturated rings. The highest BCUT2D eigenvalue weighted by Gasteiger charge is 2.36. The Bertz CT molecular complexity index is 921. The number of hydrogen-bond donors (Lipinski definition) is 0. The average molecular weight is 382 g/mol. The van der Waals surface area contributed by atoms with E-state index in [1.165, 1.54) is 29.2 Å². The Hall–Kier alpha value is -3.55. The molecular weight excluding hydrogens is 364 g/mol. The number of nitro benzene ring substituents is 1. The van der Waals surface area contributed by atoms with Crippen molar-refractivity contribution in [3.63, 3.8) is 0 Å². The molecule has 28 heavy (non-hydrogen) atoms. The van der Waals surface area contributed by atoms with Crippen LogP contribution in [0.1, 0.15) is 22.3 Å². The highest BCUT2D eigenvalue weighted by molar-refractivity contribution is 6.01. The fourth-order valence-corrected chi connectivity index (χ4v) is 2.95. The predicted octanol–water partition coefficient (Wildman–Crippen LogP) is 2.68. The van der Waals surface area contributed by atoms with Gasteiger partial charge in [0.2, 0.25) is 5.91 Å². The lowest BCUT2D eigenvalue weighted by Gasteiger charge is -2.16. The molecule has 0 saturated carbocycles. The Morgan fingerprint density at radius 1 is 1.14 bits per heavy atom. The van der Waals surface area contributed by atoms with E-state index in [0.29, 0.717) is 11.3 Å². The zero-order chi connectivity index (χ0) is 20.3. The minimum absolute atomic E-state index is 0.0332. The highest BCUT2D eigenvalue weighted by atomic mass is 16.6. The molecule has 1 heterocycles. The minimum atomic E-state index is -0.687. The number of Topliss-reactive ketones (excluding diaryl/α,β-unsaturated/α-hetero) is 1. The summed E-state index contributed by atoms with van der Waals surface area (Å²) in [6, 6.07) is 12.5. The Morgan fingerprint density at radius 2 is 1.79 bits per heavy atom. The molecule has 1 atom stereocenters. The number of amides is 1. The van der Waals surface area contributed by atoms with Gasteiger partial charge in [-0.15, -0.1) is 0 Å². The number of hydrogen-bond acceptors (Lipinski definition) is 6. The third-order valence-electron chi connectivity index (χ3n) is 4.55. The van der Waals surface area contributed by atoms with Crippen LogP contribution < -0.4 is 4.90 Å². The van der Waals surface area contributed by atoms with Gasteiger partial charge in [0.1, 0.15) is 0 Å². The van der Waals surface area contributed by atoms with Crippen molar-refractivity contribution in [2.75, 3.05) is 18.1 Å². The van der Waals surface area contributed by atoms with Gasteiger partial charge in [-0.3, -0.25) is 24.5 Å². The fraction of sp³-hybridized carbons (Fsp3) is 0.250. The van der Waals surface area contributed by atoms with Crippen molar-refractivity contribution in [3.8, 4) is 0 Å². The van der Waals surface area contributed by atoms with Gasteiger partial charge < -0.3 is 9.64 Å². The number of aryl methyl sites for hydroxylation is 1. The van der Waals surface area contributed by atoms with Crippen molar-refractivity contribution in [2.45, 2.75) is 13.3 Å². The fourth-order valence-electron chi connectivity index (χ4n) is 2.95. The van der Waals surface area contributed by atoms with Gasteiger partial charge in [-0.2, -0.15) is 0 Å². The van der Waals surface area contributed by atoms with Gasteiger partial charge in [0.05, 0.1) is 10.8 Å². The first-order valence-corrected chi connectivity index (χ1v) is 8.66. The SMILES string of the molecule is Cc1ccc(C(=O)COC(=O)[C@@H]2CC(=O)N(c3ccc([N+](=O)[O-])cc3)C2)cc1. The van der Waals surface area contributed by atoms with Crippen molar-refractivity contribution in [2.24, 2.45) is 5.92 Å². The number of non-ortho nitro benzene ring substituents is 1. The monoisotopic (exact) mass is 382 g/mol. The van der Waals surface area contributed by atoms with Crippen LogP contribution in [0.5, 0.6) is 0 Å². The molecule has 3 rings (SSSR count). The summed E-state index contributed by atoms with van der Waals surface area (Å²) >= 11 is 0. The first-order valence-electron chi connectivity index (χ1n) is 8.66. The number of nitro groups is 1. The van der Waals surface area contributed by atoms with Gasteiger partial charge in [-0.05, 0) is 19.1 Å². The van der Waals surface area contributed by atoms with E-state index in [1.54, 1.807) is 24.3 Å². The van der Waals surface area contributed by atoms with Crippen LogP contribution in [0.3, 0.4) is 0 Å². The van der Waals surface area contributed by atoms with Crippen LogP contribution in [0.4, 0.5) is 11.4 Å². The lowest BCUT2D eigenvalue weighted by atomic mass is 10.1. The molecule has 0 unspecified atom stereocenters. The molecule has 0 bridgehead atoms. The number of nitrogens with zero attached hydrogens (tertiary/aromatic N) is 2. The molecule has 0 aromatic heterocycles. The third kappa shape index (κ3) is 4.22. The first kappa shape index (κ1) is 19.2. The number of carbonyl (C=O) groups is 3. The van der Waals surface area contributed by atoms with E-state index in [-0.39, 0.29) is 37.0 Å². The Labute approximate surface area is 160 Å². The van der Waals surface area contributed by atoms with Crippen LogP contribution in [0.2, 0.25) is 0 Å². The van der Waals surface area contributed by atoms with Crippen molar-refractivity contribution >= 4 is 29.0 Å². The quantitative estimate of drug-likeness (QED) is 0.329. The van der Waals surface area contributed by atoms with Gasteiger partial charge >= 0.3 is 5.97 Å². The number of anilines is 1. The van der Waals surface area contributed by atoms with Crippen molar-refractivity contribution in [1.29, 1.82) is 0 Å². The van der Waals surface area contributed by atoms with Crippen LogP contribution in [-0.2, 0) is 14.3 Å². The number of ether oxygens (including phenoxy) is 1. The lowest BCUT2D eigenvalue weighted by molar-refractivity contribution is -0.384. The van der Waals surface area contributed by atoms with E-state index in [4.69, 9.17) is 4.74 Å². The number of rotatable bonds is 6. The maximum atomic E-state index is 12.3. The predicted molar refractivity (Wildman–Crippen MR) is 100 cm³/mol. The number of ketones is 1. The normalized spacial score (nSPS) is 16.1. The number of benzene rings is 2. The van der Waals surface area contributed by atoms with Crippen LogP contribution in [0.15, 0.2) is 48.5 Å². The van der Waals surface area contributed by atoms with Crippen LogP contribution in [-0.4, -0.2) is 35.7 Å². The van der Waals surface area contributed by atoms with Crippen LogP contribution in [0.25, 0.3) is 0 Å². The molecular formula is C20H18N2O6. The molecule has 1 aliphatic heterocycles. The second-order valence-corrected chi connectivity index (χ2v) is 6.58. The van der Waals surface area contributed by atoms with Gasteiger partial charge in [-0.1, -0.05) is 29.8 Å². The number of carbonyl (C=O) groups excluding carboxylic acids is 3. The van der Waals surface area contributed by atoms with Crippen molar-refractivity contribution < 1.29 is 24.0 Å². The van der Waals surface area contributed by atoms with E-state index >= 15 is 0 Å². The molecule has 8 heteroatoms. The summed E-state index contributed by atoms with van der Waals surface area (Å²) in [5.74, 6) is -1.89. The Morgan fingerprint density at radius 3 is 2.39 bits per heavy atom. The molecule has 0 radical (unpaired) electrons. The molecule has 2 aromatic carbocycles. The van der Waals surface area contributed by atoms with Crippen molar-refractivity contribution in [3.05, 3.63) is 69.8 Å². The summed E-state index contributed by atoms with van der Waals surface area (Å²) in [4.78, 5) is 48.2. The average Bonchev–Trinajstić information content (AvgIpc) is 3.08. The third-order valence-corrected chi connectivity index (χ3v) is 4.55. The van der Waals surface area contributed by atoms with E-state index < -0.39 is 16.8 Å². The molecule has 0 spiro atoms. The van der Waals surface area contributed by atoms with Crippen LogP contribution >= 0.6 is 0 Å². The Balaban J connectivity index is 1.58. The molecule has 0 aliphatic carbocycles. The molecule has 144 valence electrons. The van der Waals surface area contributed by atoms with Crippen LogP contribution in [0, 0.1) is 23.0 Å². The number of esters is 1. The van der Waals surface area contributed by atoms with Gasteiger partial charge in [0, 0.05) is 36.3 Å². The van der Waals surface area contributed by atoms with E-state index in [0.717, 1.165) is 5.56 Å². The van der Waals surface area contributed by atoms with Gasteiger partial charge in [0.25, 0.3) is 5.69 Å². The van der Waals surface area contributed by atoms with E-state index in [2.05, 4.69) is 0 Å². The second-order valence-electron chi connectivity index (χ2n) is 6.58. The summed E-state index contributed by atoms with van der Waals surface area (Å²) in [5, 5.41) is 10.7. The molecule has 1 amide bonds. The van der Waals surface area contributed by atoms with Gasteiger partial charge in [0.15, 0.2) is 12.4 Å². The summed E-state index contributed by atoms with van der Waals surface area (Å²) < 4.78 is 5.10. The summed E-state index contributed by atoms with van der Waals surface area (Å²) in [6.45, 7) is 1.63. The zero-order valence-electron chi connectivity index (χ0n) is 15.2. The second kappa shape index (κ2) is 7.99. The molecule has 1 saturated heterocycles. The maximum absolute atomic E-state index is 12.3. The largest absolute Gasteiger partial charge is 0.457 e. The van der Waals surface area contributed by atoms with Crippen molar-refractivity contribution in [1.82, 2.24) is 0 Å². The van der Waals surface area contributed by atoms with E-state index in [1.807, 2.05) is 6.92 Å². The standard InChI is InChI=1S/C20H18N2O6/c1-13-2-4-14(5-3-13)18(23)12-28-20(25)15-10-19(24)21(11-15)16-6-8-17(9-7-16)22(26)27/h2-9,15H,10-12H2,1H3/t15-/m1/s1. The van der Waals surface area contributed by atoms with Gasteiger partial charge in [-0.25, -0.2) is 0 Å². The van der Waals surface area contributed by atoms with E-state index in [9.17, 15) is 24.5 Å². The molecule has 8 nitrogen and oxygen atoms in total. The first-order chi connectivity index (χ1) is 13.3. The topological polar surface area (TPSA) is 107 Å². The zero-order valence-corrected chi connectivity index (χ0v) is 15.2. The maximum Gasteiger partial charge on any atom is 0.311 e. The Kier molecular flexibility index (Phi) is 5.49. The summed E-state index contributed by atoms with van der Waals surface area (Å²) in [7, 11) is 0. The molecule has 1 aliphatic rings. The minimum Gasteiger partial charge on any atom is -0.457 e. The molecule has 2 aromatic rings. The highest BCUT2D eigenvalue weighted by Crippen LogP contribution is 2.27.